The number of likely N-dealkylation sites (N-methyl/N-ethyl adjacent to an activating group) is 1. The van der Waals surface area contributed by atoms with Gasteiger partial charge in [0.05, 0.1) is 24.0 Å². The van der Waals surface area contributed by atoms with E-state index in [4.69, 9.17) is 14.7 Å². The molecule has 8 nitrogen and oxygen atoms in total. The van der Waals surface area contributed by atoms with Crippen LogP contribution in [0.3, 0.4) is 0 Å². The number of aromatic nitrogens is 2. The second-order valence-corrected chi connectivity index (χ2v) is 12.2. The third-order valence-corrected chi connectivity index (χ3v) is 9.62. The number of hydrogen-bond donors (Lipinski definition) is 0. The highest BCUT2D eigenvalue weighted by Gasteiger charge is 2.46. The largest absolute Gasteiger partial charge is 0.462 e. The number of amides is 1. The zero-order valence-electron chi connectivity index (χ0n) is 23.9. The minimum absolute atomic E-state index is 0.0847. The predicted octanol–water partition coefficient (Wildman–Crippen LogP) is 4.84. The van der Waals surface area contributed by atoms with Crippen molar-refractivity contribution in [1.82, 2.24) is 19.8 Å². The summed E-state index contributed by atoms with van der Waals surface area (Å²) in [7, 11) is 2.12. The molecule has 0 N–H and O–H groups in total. The molecule has 4 atom stereocenters. The highest BCUT2D eigenvalue weighted by molar-refractivity contribution is 5.94. The molecule has 1 saturated carbocycles. The Morgan fingerprint density at radius 1 is 1.19 bits per heavy atom. The number of carbonyl (C=O) groups excluding carboxylic acids is 1. The number of carbonyl (C=O) groups is 1. The summed E-state index contributed by atoms with van der Waals surface area (Å²) >= 11 is 0. The van der Waals surface area contributed by atoms with Crippen molar-refractivity contribution >= 4 is 22.6 Å². The summed E-state index contributed by atoms with van der Waals surface area (Å²) in [6.07, 6.45) is 4.77. The Bertz CT molecular complexity index is 1620. The molecule has 0 radical (unpaired) electrons. The molecular weight excluding hydrogens is 531 g/mol. The second-order valence-electron chi connectivity index (χ2n) is 12.2. The zero-order valence-corrected chi connectivity index (χ0v) is 23.9. The fraction of sp³-hybridized carbons (Fsp3) is 0.455. The van der Waals surface area contributed by atoms with Crippen LogP contribution in [0.2, 0.25) is 0 Å². The van der Waals surface area contributed by atoms with Crippen molar-refractivity contribution in [1.29, 1.82) is 5.26 Å². The molecule has 42 heavy (non-hydrogen) atoms. The number of fused-ring (bicyclic) bond motifs is 4. The van der Waals surface area contributed by atoms with Crippen LogP contribution in [0.1, 0.15) is 42.7 Å². The smallest absolute Gasteiger partial charge is 0.319 e. The Hall–Kier alpha value is -4.03. The van der Waals surface area contributed by atoms with Crippen LogP contribution in [0.25, 0.3) is 22.0 Å². The maximum absolute atomic E-state index is 13.8. The Morgan fingerprint density at radius 2 is 2.07 bits per heavy atom. The average molecular weight is 567 g/mol. The number of nitriles is 1. The van der Waals surface area contributed by atoms with E-state index in [9.17, 15) is 14.4 Å². The molecule has 2 aliphatic carbocycles. The summed E-state index contributed by atoms with van der Waals surface area (Å²) in [6, 6.07) is 15.3. The third kappa shape index (κ3) is 4.78. The topological polar surface area (TPSA) is 85.6 Å². The standard InChI is InChI=1S/C33H35FN6O2/c1-20(34)32(41)40-14-13-39(18-24(40)10-11-35)31-27-9-8-21(26-7-3-5-22-15-23-16-28(23)30(22)26)17-29(27)36-33(37-31)42-19-25-6-4-12-38(25)2/h3,5,7-9,17,23-25,28H,1,4,6,10,12-16,18-19H2,2H3/t23-,24+,25+,28+/m1/s1. The number of halogens is 1. The molecule has 3 aromatic rings. The Balaban J connectivity index is 1.26. The third-order valence-electron chi connectivity index (χ3n) is 9.62. The van der Waals surface area contributed by atoms with Crippen LogP contribution in [-0.2, 0) is 11.2 Å². The molecule has 0 spiro atoms. The van der Waals surface area contributed by atoms with E-state index in [0.717, 1.165) is 41.8 Å². The van der Waals surface area contributed by atoms with Crippen LogP contribution in [0.4, 0.5) is 10.2 Å². The lowest BCUT2D eigenvalue weighted by Gasteiger charge is -2.41. The molecule has 9 heteroatoms. The lowest BCUT2D eigenvalue weighted by Crippen LogP contribution is -2.55. The number of benzene rings is 2. The molecular formula is C33H35FN6O2. The normalized spacial score (nSPS) is 24.8. The van der Waals surface area contributed by atoms with Gasteiger partial charge in [0.25, 0.3) is 5.91 Å². The summed E-state index contributed by atoms with van der Waals surface area (Å²) in [5.41, 5.74) is 6.17. The lowest BCUT2D eigenvalue weighted by molar-refractivity contribution is -0.131. The predicted molar refractivity (Wildman–Crippen MR) is 159 cm³/mol. The van der Waals surface area contributed by atoms with E-state index >= 15 is 0 Å². The van der Waals surface area contributed by atoms with Gasteiger partial charge in [-0.05, 0) is 85.5 Å². The maximum Gasteiger partial charge on any atom is 0.319 e. The van der Waals surface area contributed by atoms with Crippen LogP contribution in [0, 0.1) is 17.2 Å². The molecule has 0 unspecified atom stereocenters. The first-order valence-electron chi connectivity index (χ1n) is 15.0. The van der Waals surface area contributed by atoms with Gasteiger partial charge in [0.15, 0.2) is 5.83 Å². The molecule has 2 aromatic carbocycles. The van der Waals surface area contributed by atoms with Crippen LogP contribution in [0.15, 0.2) is 48.8 Å². The second kappa shape index (κ2) is 10.7. The number of anilines is 1. The molecule has 1 aromatic heterocycles. The first-order valence-corrected chi connectivity index (χ1v) is 15.0. The van der Waals surface area contributed by atoms with Gasteiger partial charge in [0.1, 0.15) is 12.4 Å². The quantitative estimate of drug-likeness (QED) is 0.378. The van der Waals surface area contributed by atoms with Crippen LogP contribution in [-0.4, -0.2) is 77.6 Å². The van der Waals surface area contributed by atoms with Gasteiger partial charge in [-0.1, -0.05) is 30.8 Å². The van der Waals surface area contributed by atoms with Crippen molar-refractivity contribution < 1.29 is 13.9 Å². The highest BCUT2D eigenvalue weighted by Crippen LogP contribution is 2.58. The number of rotatable bonds is 7. The van der Waals surface area contributed by atoms with Gasteiger partial charge >= 0.3 is 6.01 Å². The minimum Gasteiger partial charge on any atom is -0.462 e. The Morgan fingerprint density at radius 3 is 2.86 bits per heavy atom. The summed E-state index contributed by atoms with van der Waals surface area (Å²) < 4.78 is 20.0. The van der Waals surface area contributed by atoms with E-state index < -0.39 is 17.8 Å². The summed E-state index contributed by atoms with van der Waals surface area (Å²) in [6.45, 7) is 5.79. The molecule has 0 bridgehead atoms. The van der Waals surface area contributed by atoms with E-state index in [0.29, 0.717) is 43.5 Å². The molecule has 4 aliphatic rings. The number of ether oxygens (including phenoxy) is 1. The highest BCUT2D eigenvalue weighted by atomic mass is 19.1. The number of nitrogens with zero attached hydrogens (tertiary/aromatic N) is 6. The number of piperazine rings is 1. The van der Waals surface area contributed by atoms with Crippen molar-refractivity contribution in [2.45, 2.75) is 50.1 Å². The van der Waals surface area contributed by atoms with E-state index in [-0.39, 0.29) is 13.0 Å². The lowest BCUT2D eigenvalue weighted by atomic mass is 9.94. The van der Waals surface area contributed by atoms with Gasteiger partial charge in [-0.15, -0.1) is 0 Å². The van der Waals surface area contributed by atoms with Gasteiger partial charge in [0, 0.05) is 31.1 Å². The molecule has 2 aliphatic heterocycles. The molecule has 3 heterocycles. The SMILES string of the molecule is C=C(F)C(=O)N1CCN(c2nc(OC[C@@H]3CCCN3C)nc3cc(-c4cccc5c4[C@H]4C[C@H]4C5)ccc23)C[C@@H]1CC#N. The minimum atomic E-state index is -1.01. The first kappa shape index (κ1) is 26.8. The van der Waals surface area contributed by atoms with Crippen LogP contribution in [0.5, 0.6) is 6.01 Å². The van der Waals surface area contributed by atoms with E-state index in [2.05, 4.69) is 65.9 Å². The van der Waals surface area contributed by atoms with Gasteiger partial charge in [-0.25, -0.2) is 4.39 Å². The van der Waals surface area contributed by atoms with Crippen molar-refractivity contribution in [3.05, 3.63) is 59.9 Å². The van der Waals surface area contributed by atoms with Crippen molar-refractivity contribution in [2.24, 2.45) is 5.92 Å². The maximum atomic E-state index is 13.8. The van der Waals surface area contributed by atoms with E-state index in [1.807, 2.05) is 0 Å². The fourth-order valence-corrected chi connectivity index (χ4v) is 7.27. The number of likely N-dealkylation sites (tertiary alicyclic amines) is 1. The molecule has 216 valence electrons. The monoisotopic (exact) mass is 566 g/mol. The summed E-state index contributed by atoms with van der Waals surface area (Å²) in [5.74, 6) is 0.405. The number of hydrogen-bond acceptors (Lipinski definition) is 7. The van der Waals surface area contributed by atoms with E-state index in [1.54, 1.807) is 0 Å². The summed E-state index contributed by atoms with van der Waals surface area (Å²) in [5, 5.41) is 10.4. The van der Waals surface area contributed by atoms with Crippen LogP contribution >= 0.6 is 0 Å². The van der Waals surface area contributed by atoms with Crippen LogP contribution < -0.4 is 9.64 Å². The van der Waals surface area contributed by atoms with Crippen molar-refractivity contribution in [2.75, 3.05) is 44.7 Å². The van der Waals surface area contributed by atoms with Gasteiger partial charge in [-0.2, -0.15) is 15.2 Å². The Labute approximate surface area is 245 Å². The summed E-state index contributed by atoms with van der Waals surface area (Å²) in [4.78, 5) is 28.1. The van der Waals surface area contributed by atoms with Gasteiger partial charge in [0.2, 0.25) is 0 Å². The zero-order chi connectivity index (χ0) is 29.0. The fourth-order valence-electron chi connectivity index (χ4n) is 7.27. The molecule has 7 rings (SSSR count). The molecule has 2 saturated heterocycles. The molecule has 1 amide bonds. The van der Waals surface area contributed by atoms with Crippen molar-refractivity contribution in [3.63, 3.8) is 0 Å². The van der Waals surface area contributed by atoms with Crippen molar-refractivity contribution in [3.8, 4) is 23.2 Å². The van der Waals surface area contributed by atoms with Gasteiger partial charge in [-0.3, -0.25) is 4.79 Å². The van der Waals surface area contributed by atoms with E-state index in [1.165, 1.54) is 34.4 Å². The Kier molecular flexibility index (Phi) is 6.82. The average Bonchev–Trinajstić information content (AvgIpc) is 3.47. The first-order chi connectivity index (χ1) is 20.4. The molecule has 3 fully saturated rings. The van der Waals surface area contributed by atoms with Gasteiger partial charge < -0.3 is 19.4 Å².